The zero-order chi connectivity index (χ0) is 13.3. The number of aliphatic carboxylic acids is 1. The van der Waals surface area contributed by atoms with Gasteiger partial charge in [-0.15, -0.1) is 11.8 Å². The summed E-state index contributed by atoms with van der Waals surface area (Å²) in [5.41, 5.74) is 0.282. The lowest BCUT2D eigenvalue weighted by Gasteiger charge is -2.26. The molecule has 2 atom stereocenters. The third-order valence-corrected chi connectivity index (χ3v) is 5.28. The van der Waals surface area contributed by atoms with Crippen molar-refractivity contribution in [1.82, 2.24) is 10.2 Å². The summed E-state index contributed by atoms with van der Waals surface area (Å²) < 4.78 is 0. The Balaban J connectivity index is 1.92. The molecule has 2 unspecified atom stereocenters. The van der Waals surface area contributed by atoms with Crippen LogP contribution in [0.15, 0.2) is 0 Å². The smallest absolute Gasteiger partial charge is 0.327 e. The van der Waals surface area contributed by atoms with Crippen molar-refractivity contribution in [2.75, 3.05) is 12.3 Å². The SMILES string of the molecule is CCC1(CNC(=O)N2C(C)SCC2C(=O)O)CC1. The van der Waals surface area contributed by atoms with Crippen molar-refractivity contribution in [3.05, 3.63) is 0 Å². The van der Waals surface area contributed by atoms with Crippen LogP contribution >= 0.6 is 11.8 Å². The van der Waals surface area contributed by atoms with Crippen LogP contribution in [0.2, 0.25) is 0 Å². The molecular weight excluding hydrogens is 252 g/mol. The van der Waals surface area contributed by atoms with Crippen LogP contribution in [-0.4, -0.2) is 45.7 Å². The number of rotatable bonds is 4. The van der Waals surface area contributed by atoms with Crippen molar-refractivity contribution in [1.29, 1.82) is 0 Å². The zero-order valence-corrected chi connectivity index (χ0v) is 11.6. The Hall–Kier alpha value is -0.910. The van der Waals surface area contributed by atoms with E-state index in [4.69, 9.17) is 5.11 Å². The van der Waals surface area contributed by atoms with Crippen LogP contribution in [0.4, 0.5) is 4.79 Å². The molecule has 2 amide bonds. The van der Waals surface area contributed by atoms with E-state index in [9.17, 15) is 9.59 Å². The number of nitrogens with one attached hydrogen (secondary N) is 1. The standard InChI is InChI=1S/C12H20N2O3S/c1-3-12(4-5-12)7-13-11(17)14-8(2)18-6-9(14)10(15)16/h8-9H,3-7H2,1-2H3,(H,13,17)(H,15,16). The first-order valence-electron chi connectivity index (χ1n) is 6.40. The van der Waals surface area contributed by atoms with Gasteiger partial charge < -0.3 is 10.4 Å². The van der Waals surface area contributed by atoms with Gasteiger partial charge in [-0.1, -0.05) is 6.92 Å². The number of hydrogen-bond donors (Lipinski definition) is 2. The fraction of sp³-hybridized carbons (Fsp3) is 0.833. The summed E-state index contributed by atoms with van der Waals surface area (Å²) in [5.74, 6) is -0.443. The van der Waals surface area contributed by atoms with Crippen molar-refractivity contribution < 1.29 is 14.7 Å². The van der Waals surface area contributed by atoms with Crippen LogP contribution < -0.4 is 5.32 Å². The number of nitrogens with zero attached hydrogens (tertiary/aromatic N) is 1. The molecule has 2 fully saturated rings. The molecule has 1 saturated carbocycles. The second kappa shape index (κ2) is 4.99. The monoisotopic (exact) mass is 272 g/mol. The summed E-state index contributed by atoms with van der Waals surface area (Å²) >= 11 is 1.51. The molecule has 1 aliphatic heterocycles. The highest BCUT2D eigenvalue weighted by Gasteiger charge is 2.43. The largest absolute Gasteiger partial charge is 0.480 e. The predicted molar refractivity (Wildman–Crippen MR) is 70.5 cm³/mol. The van der Waals surface area contributed by atoms with E-state index < -0.39 is 12.0 Å². The lowest BCUT2D eigenvalue weighted by Crippen LogP contribution is -2.50. The van der Waals surface area contributed by atoms with Crippen molar-refractivity contribution in [3.63, 3.8) is 0 Å². The first kappa shape index (κ1) is 13.5. The van der Waals surface area contributed by atoms with Gasteiger partial charge in [0, 0.05) is 12.3 Å². The minimum absolute atomic E-state index is 0.0668. The Bertz CT molecular complexity index is 357. The molecule has 0 aromatic carbocycles. The third kappa shape index (κ3) is 2.58. The minimum Gasteiger partial charge on any atom is -0.480 e. The van der Waals surface area contributed by atoms with E-state index in [2.05, 4.69) is 12.2 Å². The third-order valence-electron chi connectivity index (χ3n) is 4.06. The van der Waals surface area contributed by atoms with Crippen molar-refractivity contribution >= 4 is 23.8 Å². The molecular formula is C12H20N2O3S. The van der Waals surface area contributed by atoms with Gasteiger partial charge in [-0.3, -0.25) is 4.90 Å². The summed E-state index contributed by atoms with van der Waals surface area (Å²) in [6.07, 6.45) is 3.40. The van der Waals surface area contributed by atoms with E-state index in [1.807, 2.05) is 6.92 Å². The number of carboxylic acids is 1. The Morgan fingerprint density at radius 2 is 2.17 bits per heavy atom. The molecule has 0 radical (unpaired) electrons. The normalized spacial score (nSPS) is 29.1. The minimum atomic E-state index is -0.918. The van der Waals surface area contributed by atoms with E-state index in [1.165, 1.54) is 16.7 Å². The fourth-order valence-electron chi connectivity index (χ4n) is 2.33. The number of hydrogen-bond acceptors (Lipinski definition) is 3. The van der Waals surface area contributed by atoms with Crippen molar-refractivity contribution in [2.45, 2.75) is 44.5 Å². The molecule has 2 rings (SSSR count). The lowest BCUT2D eigenvalue weighted by molar-refractivity contribution is -0.141. The lowest BCUT2D eigenvalue weighted by atomic mass is 10.0. The quantitative estimate of drug-likeness (QED) is 0.818. The molecule has 0 spiro atoms. The topological polar surface area (TPSA) is 69.6 Å². The molecule has 18 heavy (non-hydrogen) atoms. The van der Waals surface area contributed by atoms with Gasteiger partial charge >= 0.3 is 12.0 Å². The van der Waals surface area contributed by atoms with Gasteiger partial charge in [0.15, 0.2) is 0 Å². The summed E-state index contributed by atoms with van der Waals surface area (Å²) in [6.45, 7) is 4.68. The predicted octanol–water partition coefficient (Wildman–Crippen LogP) is 1.73. The van der Waals surface area contributed by atoms with E-state index in [0.717, 1.165) is 19.3 Å². The van der Waals surface area contributed by atoms with Crippen LogP contribution in [0.25, 0.3) is 0 Å². The Labute approximate surface area is 111 Å². The number of carbonyl (C=O) groups is 2. The fourth-order valence-corrected chi connectivity index (χ4v) is 3.50. The maximum Gasteiger partial charge on any atom is 0.327 e. The van der Waals surface area contributed by atoms with Gasteiger partial charge in [-0.2, -0.15) is 0 Å². The molecule has 0 bridgehead atoms. The number of amides is 2. The second-order valence-electron chi connectivity index (χ2n) is 5.21. The van der Waals surface area contributed by atoms with Crippen LogP contribution in [0, 0.1) is 5.41 Å². The van der Waals surface area contributed by atoms with E-state index >= 15 is 0 Å². The zero-order valence-electron chi connectivity index (χ0n) is 10.8. The number of thioether (sulfide) groups is 1. The maximum absolute atomic E-state index is 12.1. The average molecular weight is 272 g/mol. The first-order valence-corrected chi connectivity index (χ1v) is 7.44. The molecule has 102 valence electrons. The molecule has 2 N–H and O–H groups in total. The highest BCUT2D eigenvalue weighted by atomic mass is 32.2. The molecule has 0 aromatic rings. The van der Waals surface area contributed by atoms with E-state index in [0.29, 0.717) is 12.3 Å². The molecule has 2 aliphatic rings. The summed E-state index contributed by atoms with van der Waals surface area (Å²) in [4.78, 5) is 24.7. The van der Waals surface area contributed by atoms with E-state index in [1.54, 1.807) is 0 Å². The van der Waals surface area contributed by atoms with Gasteiger partial charge in [0.25, 0.3) is 0 Å². The van der Waals surface area contributed by atoms with Gasteiger partial charge in [0.2, 0.25) is 0 Å². The van der Waals surface area contributed by atoms with Gasteiger partial charge in [-0.05, 0) is 31.6 Å². The number of carboxylic acid groups (broad SMARTS) is 1. The first-order chi connectivity index (χ1) is 8.49. The van der Waals surface area contributed by atoms with Crippen LogP contribution in [0.5, 0.6) is 0 Å². The second-order valence-corrected chi connectivity index (χ2v) is 6.56. The Morgan fingerprint density at radius 3 is 2.67 bits per heavy atom. The molecule has 0 aromatic heterocycles. The average Bonchev–Trinajstić information content (AvgIpc) is 3.02. The van der Waals surface area contributed by atoms with Crippen LogP contribution in [0.3, 0.4) is 0 Å². The Morgan fingerprint density at radius 1 is 1.50 bits per heavy atom. The number of urea groups is 1. The van der Waals surface area contributed by atoms with Crippen molar-refractivity contribution in [3.8, 4) is 0 Å². The van der Waals surface area contributed by atoms with Crippen LogP contribution in [0.1, 0.15) is 33.1 Å². The van der Waals surface area contributed by atoms with Crippen LogP contribution in [-0.2, 0) is 4.79 Å². The maximum atomic E-state index is 12.1. The number of carbonyl (C=O) groups excluding carboxylic acids is 1. The highest BCUT2D eigenvalue weighted by Crippen LogP contribution is 2.47. The summed E-state index contributed by atoms with van der Waals surface area (Å²) in [7, 11) is 0. The summed E-state index contributed by atoms with van der Waals surface area (Å²) in [5, 5.41) is 11.9. The van der Waals surface area contributed by atoms with Gasteiger partial charge in [0.05, 0.1) is 5.37 Å². The summed E-state index contributed by atoms with van der Waals surface area (Å²) in [6, 6.07) is -0.929. The van der Waals surface area contributed by atoms with E-state index in [-0.39, 0.29) is 16.8 Å². The highest BCUT2D eigenvalue weighted by molar-refractivity contribution is 8.00. The van der Waals surface area contributed by atoms with Gasteiger partial charge in [-0.25, -0.2) is 9.59 Å². The molecule has 1 aliphatic carbocycles. The molecule has 1 saturated heterocycles. The molecule has 5 nitrogen and oxygen atoms in total. The Kier molecular flexibility index (Phi) is 3.75. The van der Waals surface area contributed by atoms with Crippen molar-refractivity contribution in [2.24, 2.45) is 5.41 Å². The molecule has 1 heterocycles. The molecule has 6 heteroatoms. The van der Waals surface area contributed by atoms with Gasteiger partial charge in [0.1, 0.15) is 6.04 Å².